The molecule has 0 unspecified atom stereocenters. The Kier molecular flexibility index (Phi) is 5.24. The number of furan rings is 1. The average Bonchev–Trinajstić information content (AvgIpc) is 2.83. The van der Waals surface area contributed by atoms with Crippen LogP contribution in [-0.2, 0) is 13.1 Å². The third-order valence-electron chi connectivity index (χ3n) is 3.46. The minimum atomic E-state index is 0.805. The summed E-state index contributed by atoms with van der Waals surface area (Å²) in [6.45, 7) is 9.92. The first kappa shape index (κ1) is 14.7. The van der Waals surface area contributed by atoms with Crippen molar-refractivity contribution in [1.29, 1.82) is 0 Å². The highest BCUT2D eigenvalue weighted by Gasteiger charge is 2.11. The molecule has 3 nitrogen and oxygen atoms in total. The van der Waals surface area contributed by atoms with E-state index in [-0.39, 0.29) is 0 Å². The zero-order valence-corrected chi connectivity index (χ0v) is 12.6. The lowest BCUT2D eigenvalue weighted by atomic mass is 10.2. The molecule has 1 heterocycles. The van der Waals surface area contributed by atoms with Crippen LogP contribution in [-0.4, -0.2) is 13.1 Å². The van der Waals surface area contributed by atoms with Gasteiger partial charge in [-0.1, -0.05) is 25.1 Å². The molecule has 1 N–H and O–H groups in total. The number of hydrogen-bond acceptors (Lipinski definition) is 3. The van der Waals surface area contributed by atoms with Gasteiger partial charge in [0.15, 0.2) is 0 Å². The number of aryl methyl sites for hydroxylation is 1. The summed E-state index contributed by atoms with van der Waals surface area (Å²) in [5.74, 6) is 2.08. The molecule has 1 aromatic heterocycles. The molecular formula is C17H24N2O. The molecule has 0 amide bonds. The summed E-state index contributed by atoms with van der Waals surface area (Å²) in [4.78, 5) is 2.31. The van der Waals surface area contributed by atoms with Crippen molar-refractivity contribution >= 4 is 5.69 Å². The van der Waals surface area contributed by atoms with Gasteiger partial charge in [-0.15, -0.1) is 0 Å². The van der Waals surface area contributed by atoms with Gasteiger partial charge in [0.1, 0.15) is 11.5 Å². The monoisotopic (exact) mass is 272 g/mol. The maximum Gasteiger partial charge on any atom is 0.123 e. The van der Waals surface area contributed by atoms with Crippen LogP contribution in [0.4, 0.5) is 5.69 Å². The van der Waals surface area contributed by atoms with Crippen molar-refractivity contribution in [2.75, 3.05) is 18.0 Å². The molecule has 0 atom stereocenters. The smallest absolute Gasteiger partial charge is 0.123 e. The summed E-state index contributed by atoms with van der Waals surface area (Å²) in [7, 11) is 0. The first-order valence-electron chi connectivity index (χ1n) is 7.33. The fraction of sp³-hybridized carbons (Fsp3) is 0.412. The van der Waals surface area contributed by atoms with Crippen molar-refractivity contribution in [3.05, 3.63) is 53.5 Å². The predicted molar refractivity (Wildman–Crippen MR) is 84.0 cm³/mol. The van der Waals surface area contributed by atoms with Crippen molar-refractivity contribution < 1.29 is 4.42 Å². The van der Waals surface area contributed by atoms with Gasteiger partial charge in [0.05, 0.1) is 13.1 Å². The van der Waals surface area contributed by atoms with Crippen molar-refractivity contribution in [3.63, 3.8) is 0 Å². The number of para-hydroxylation sites is 1. The Morgan fingerprint density at radius 3 is 2.55 bits per heavy atom. The highest BCUT2D eigenvalue weighted by atomic mass is 16.3. The van der Waals surface area contributed by atoms with Gasteiger partial charge >= 0.3 is 0 Å². The molecule has 0 aliphatic heterocycles. The van der Waals surface area contributed by atoms with Crippen LogP contribution in [0.1, 0.15) is 30.9 Å². The summed E-state index contributed by atoms with van der Waals surface area (Å²) in [6, 6.07) is 12.6. The van der Waals surface area contributed by atoms with Crippen LogP contribution in [0.3, 0.4) is 0 Å². The summed E-state index contributed by atoms with van der Waals surface area (Å²) in [6.07, 6.45) is 0. The van der Waals surface area contributed by atoms with Crippen molar-refractivity contribution in [2.45, 2.75) is 33.9 Å². The van der Waals surface area contributed by atoms with Gasteiger partial charge in [0.25, 0.3) is 0 Å². The first-order chi connectivity index (χ1) is 9.74. The van der Waals surface area contributed by atoms with Gasteiger partial charge in [-0.2, -0.15) is 0 Å². The number of benzene rings is 1. The number of hydrogen-bond donors (Lipinski definition) is 1. The lowest BCUT2D eigenvalue weighted by molar-refractivity contribution is 0.444. The van der Waals surface area contributed by atoms with Crippen molar-refractivity contribution in [1.82, 2.24) is 5.32 Å². The minimum absolute atomic E-state index is 0.805. The number of nitrogens with zero attached hydrogens (tertiary/aromatic N) is 1. The maximum absolute atomic E-state index is 5.97. The van der Waals surface area contributed by atoms with E-state index in [4.69, 9.17) is 4.42 Å². The van der Waals surface area contributed by atoms with Gasteiger partial charge in [-0.25, -0.2) is 0 Å². The van der Waals surface area contributed by atoms with Gasteiger partial charge < -0.3 is 14.6 Å². The second-order valence-corrected chi connectivity index (χ2v) is 4.95. The molecule has 3 heteroatoms. The Hall–Kier alpha value is -1.74. The van der Waals surface area contributed by atoms with E-state index >= 15 is 0 Å². The van der Waals surface area contributed by atoms with Crippen LogP contribution in [0, 0.1) is 6.92 Å². The Morgan fingerprint density at radius 1 is 1.15 bits per heavy atom. The van der Waals surface area contributed by atoms with Crippen LogP contribution in [0.15, 0.2) is 40.8 Å². The Morgan fingerprint density at radius 2 is 1.90 bits per heavy atom. The lowest BCUT2D eigenvalue weighted by Crippen LogP contribution is -2.21. The van der Waals surface area contributed by atoms with Gasteiger partial charge in [-0.3, -0.25) is 0 Å². The number of rotatable bonds is 7. The van der Waals surface area contributed by atoms with E-state index in [9.17, 15) is 0 Å². The molecule has 0 radical (unpaired) electrons. The SMILES string of the molecule is CCNCc1oc(CN(CC)c2ccccc2)cc1C. The van der Waals surface area contributed by atoms with Gasteiger partial charge in [0, 0.05) is 12.2 Å². The van der Waals surface area contributed by atoms with E-state index in [1.54, 1.807) is 0 Å². The molecule has 0 fully saturated rings. The van der Waals surface area contributed by atoms with Crippen LogP contribution in [0.2, 0.25) is 0 Å². The van der Waals surface area contributed by atoms with Gasteiger partial charge in [0.2, 0.25) is 0 Å². The highest BCUT2D eigenvalue weighted by molar-refractivity contribution is 5.46. The fourth-order valence-electron chi connectivity index (χ4n) is 2.29. The van der Waals surface area contributed by atoms with E-state index in [0.717, 1.165) is 37.7 Å². The van der Waals surface area contributed by atoms with E-state index < -0.39 is 0 Å². The Bertz CT molecular complexity index is 519. The van der Waals surface area contributed by atoms with E-state index in [0.29, 0.717) is 0 Å². The highest BCUT2D eigenvalue weighted by Crippen LogP contribution is 2.20. The molecule has 2 aromatic rings. The quantitative estimate of drug-likeness (QED) is 0.832. The molecule has 0 spiro atoms. The second kappa shape index (κ2) is 7.15. The van der Waals surface area contributed by atoms with Crippen LogP contribution < -0.4 is 10.2 Å². The number of nitrogens with one attached hydrogen (secondary N) is 1. The molecular weight excluding hydrogens is 248 g/mol. The topological polar surface area (TPSA) is 28.4 Å². The van der Waals surface area contributed by atoms with Crippen molar-refractivity contribution in [2.24, 2.45) is 0 Å². The summed E-state index contributed by atoms with van der Waals surface area (Å²) in [5, 5.41) is 3.31. The molecule has 1 aromatic carbocycles. The zero-order chi connectivity index (χ0) is 14.4. The van der Waals surface area contributed by atoms with Crippen LogP contribution in [0.5, 0.6) is 0 Å². The molecule has 108 valence electrons. The third-order valence-corrected chi connectivity index (χ3v) is 3.46. The lowest BCUT2D eigenvalue weighted by Gasteiger charge is -2.21. The molecule has 0 saturated heterocycles. The summed E-state index contributed by atoms with van der Waals surface area (Å²) >= 11 is 0. The third kappa shape index (κ3) is 3.64. The molecule has 2 rings (SSSR count). The predicted octanol–water partition coefficient (Wildman–Crippen LogP) is 3.72. The minimum Gasteiger partial charge on any atom is -0.463 e. The molecule has 0 bridgehead atoms. The molecule has 20 heavy (non-hydrogen) atoms. The second-order valence-electron chi connectivity index (χ2n) is 4.95. The normalized spacial score (nSPS) is 10.8. The molecule has 0 aliphatic carbocycles. The maximum atomic E-state index is 5.97. The average molecular weight is 272 g/mol. The van der Waals surface area contributed by atoms with Crippen LogP contribution in [0.25, 0.3) is 0 Å². The molecule has 0 aliphatic rings. The first-order valence-corrected chi connectivity index (χ1v) is 7.33. The van der Waals surface area contributed by atoms with Gasteiger partial charge in [-0.05, 0) is 44.2 Å². The van der Waals surface area contributed by atoms with Crippen LogP contribution >= 0.6 is 0 Å². The van der Waals surface area contributed by atoms with E-state index in [2.05, 4.69) is 61.3 Å². The zero-order valence-electron chi connectivity index (χ0n) is 12.6. The van der Waals surface area contributed by atoms with Crippen molar-refractivity contribution in [3.8, 4) is 0 Å². The Balaban J connectivity index is 2.08. The van der Waals surface area contributed by atoms with E-state index in [1.165, 1.54) is 11.3 Å². The summed E-state index contributed by atoms with van der Waals surface area (Å²) < 4.78 is 5.97. The summed E-state index contributed by atoms with van der Waals surface area (Å²) in [5.41, 5.74) is 2.46. The fourth-order valence-corrected chi connectivity index (χ4v) is 2.29. The van der Waals surface area contributed by atoms with E-state index in [1.807, 2.05) is 6.07 Å². The molecule has 0 saturated carbocycles. The standard InChI is InChI=1S/C17H24N2O/c1-4-18-12-17-14(3)11-16(20-17)13-19(5-2)15-9-7-6-8-10-15/h6-11,18H,4-5,12-13H2,1-3H3. The largest absolute Gasteiger partial charge is 0.463 e. The Labute approximate surface area is 121 Å². The number of anilines is 1.